The van der Waals surface area contributed by atoms with E-state index in [9.17, 15) is 22.0 Å². The van der Waals surface area contributed by atoms with Gasteiger partial charge in [-0.05, 0) is 12.1 Å². The molecular formula is C7H2ClF5O. The molecule has 7 heteroatoms. The predicted octanol–water partition coefficient (Wildman–Crippen LogP) is 3.52. The zero-order valence-electron chi connectivity index (χ0n) is 6.33. The van der Waals surface area contributed by atoms with E-state index >= 15 is 0 Å². The van der Waals surface area contributed by atoms with E-state index < -0.39 is 23.7 Å². The Morgan fingerprint density at radius 1 is 1.07 bits per heavy atom. The van der Waals surface area contributed by atoms with Crippen LogP contribution in [0.15, 0.2) is 12.1 Å². The molecule has 0 saturated heterocycles. The van der Waals surface area contributed by atoms with Crippen LogP contribution >= 0.6 is 11.6 Å². The van der Waals surface area contributed by atoms with Crippen molar-refractivity contribution in [1.82, 2.24) is 0 Å². The lowest BCUT2D eigenvalue weighted by Gasteiger charge is -2.10. The molecule has 1 rings (SSSR count). The first-order valence-corrected chi connectivity index (χ1v) is 3.57. The minimum absolute atomic E-state index is 0.352. The number of ether oxygens (including phenoxy) is 1. The van der Waals surface area contributed by atoms with Crippen molar-refractivity contribution in [2.24, 2.45) is 0 Å². The van der Waals surface area contributed by atoms with Crippen molar-refractivity contribution in [2.75, 3.05) is 0 Å². The fraction of sp³-hybridized carbons (Fsp3) is 0.143. The molecule has 0 heterocycles. The predicted molar refractivity (Wildman–Crippen MR) is 38.1 cm³/mol. The van der Waals surface area contributed by atoms with Crippen LogP contribution in [0.1, 0.15) is 0 Å². The Labute approximate surface area is 80.0 Å². The zero-order valence-corrected chi connectivity index (χ0v) is 7.09. The molecule has 1 nitrogen and oxygen atoms in total. The zero-order chi connectivity index (χ0) is 10.9. The minimum Gasteiger partial charge on any atom is -0.399 e. The molecule has 0 aliphatic heterocycles. The SMILES string of the molecule is Fc1cc(Cl)cc(F)c1OC(F)(F)F. The Hall–Kier alpha value is -1.04. The van der Waals surface area contributed by atoms with Crippen molar-refractivity contribution in [3.8, 4) is 5.75 Å². The van der Waals surface area contributed by atoms with Gasteiger partial charge in [0.15, 0.2) is 11.6 Å². The van der Waals surface area contributed by atoms with Crippen LogP contribution in [0.4, 0.5) is 22.0 Å². The molecule has 0 amide bonds. The maximum absolute atomic E-state index is 12.7. The van der Waals surface area contributed by atoms with Gasteiger partial charge in [-0.25, -0.2) is 8.78 Å². The number of alkyl halides is 3. The number of hydrogen-bond donors (Lipinski definition) is 0. The maximum Gasteiger partial charge on any atom is 0.573 e. The summed E-state index contributed by atoms with van der Waals surface area (Å²) in [7, 11) is 0. The van der Waals surface area contributed by atoms with Gasteiger partial charge in [0.2, 0.25) is 5.75 Å². The summed E-state index contributed by atoms with van der Waals surface area (Å²) in [6.45, 7) is 0. The average molecular weight is 233 g/mol. The maximum atomic E-state index is 12.7. The molecule has 0 radical (unpaired) electrons. The number of benzene rings is 1. The van der Waals surface area contributed by atoms with Crippen LogP contribution in [-0.4, -0.2) is 6.36 Å². The van der Waals surface area contributed by atoms with Crippen molar-refractivity contribution in [1.29, 1.82) is 0 Å². The highest BCUT2D eigenvalue weighted by atomic mass is 35.5. The smallest absolute Gasteiger partial charge is 0.399 e. The van der Waals surface area contributed by atoms with Crippen molar-refractivity contribution in [2.45, 2.75) is 6.36 Å². The van der Waals surface area contributed by atoms with Crippen molar-refractivity contribution < 1.29 is 26.7 Å². The van der Waals surface area contributed by atoms with Gasteiger partial charge in [-0.3, -0.25) is 0 Å². The first kappa shape index (κ1) is 11.0. The Kier molecular flexibility index (Phi) is 2.84. The van der Waals surface area contributed by atoms with Crippen LogP contribution in [0, 0.1) is 11.6 Å². The monoisotopic (exact) mass is 232 g/mol. The molecule has 14 heavy (non-hydrogen) atoms. The van der Waals surface area contributed by atoms with Gasteiger partial charge in [0, 0.05) is 5.02 Å². The third-order valence-corrected chi connectivity index (χ3v) is 1.40. The summed E-state index contributed by atoms with van der Waals surface area (Å²) < 4.78 is 63.3. The fourth-order valence-electron chi connectivity index (χ4n) is 0.742. The third kappa shape index (κ3) is 2.73. The first-order valence-electron chi connectivity index (χ1n) is 3.20. The van der Waals surface area contributed by atoms with Gasteiger partial charge in [0.1, 0.15) is 0 Å². The van der Waals surface area contributed by atoms with Crippen LogP contribution in [0.2, 0.25) is 5.02 Å². The molecule has 0 N–H and O–H groups in total. The van der Waals surface area contributed by atoms with Crippen LogP contribution in [-0.2, 0) is 0 Å². The molecule has 0 atom stereocenters. The fourth-order valence-corrected chi connectivity index (χ4v) is 0.934. The first-order chi connectivity index (χ1) is 6.29. The lowest BCUT2D eigenvalue weighted by atomic mass is 10.3. The van der Waals surface area contributed by atoms with E-state index in [4.69, 9.17) is 11.6 Å². The summed E-state index contributed by atoms with van der Waals surface area (Å²) in [6, 6.07) is 1.04. The van der Waals surface area contributed by atoms with E-state index in [2.05, 4.69) is 4.74 Å². The molecule has 0 aliphatic carbocycles. The summed E-state index contributed by atoms with van der Waals surface area (Å²) in [5.41, 5.74) is 0. The highest BCUT2D eigenvalue weighted by Crippen LogP contribution is 2.30. The Morgan fingerprint density at radius 3 is 1.86 bits per heavy atom. The molecule has 0 aromatic heterocycles. The van der Waals surface area contributed by atoms with E-state index in [1.807, 2.05) is 0 Å². The number of rotatable bonds is 1. The van der Waals surface area contributed by atoms with Crippen LogP contribution < -0.4 is 4.74 Å². The Balaban J connectivity index is 3.09. The highest BCUT2D eigenvalue weighted by molar-refractivity contribution is 6.30. The largest absolute Gasteiger partial charge is 0.573 e. The second-order valence-electron chi connectivity index (χ2n) is 2.25. The molecule has 0 saturated carbocycles. The molecule has 1 aromatic carbocycles. The van der Waals surface area contributed by atoms with E-state index in [-0.39, 0.29) is 5.02 Å². The van der Waals surface area contributed by atoms with Crippen LogP contribution in [0.25, 0.3) is 0 Å². The third-order valence-electron chi connectivity index (χ3n) is 1.18. The molecule has 0 fully saturated rings. The van der Waals surface area contributed by atoms with Gasteiger partial charge >= 0.3 is 6.36 Å². The van der Waals surface area contributed by atoms with Gasteiger partial charge in [-0.1, -0.05) is 11.6 Å². The Morgan fingerprint density at radius 2 is 1.50 bits per heavy atom. The second-order valence-corrected chi connectivity index (χ2v) is 2.68. The average Bonchev–Trinajstić information content (AvgIpc) is 1.95. The Bertz CT molecular complexity index is 325. The topological polar surface area (TPSA) is 9.23 Å². The van der Waals surface area contributed by atoms with E-state index in [0.717, 1.165) is 0 Å². The van der Waals surface area contributed by atoms with Gasteiger partial charge in [-0.2, -0.15) is 0 Å². The summed E-state index contributed by atoms with van der Waals surface area (Å²) >= 11 is 5.18. The molecular weight excluding hydrogens is 231 g/mol. The van der Waals surface area contributed by atoms with E-state index in [1.54, 1.807) is 0 Å². The van der Waals surface area contributed by atoms with Crippen LogP contribution in [0.5, 0.6) is 5.75 Å². The second kappa shape index (κ2) is 3.61. The lowest BCUT2D eigenvalue weighted by molar-refractivity contribution is -0.276. The summed E-state index contributed by atoms with van der Waals surface area (Å²) in [5.74, 6) is -4.53. The quantitative estimate of drug-likeness (QED) is 0.673. The standard InChI is InChI=1S/C7H2ClF5O/c8-3-1-4(9)6(5(10)2-3)14-7(11,12)13/h1-2H. The normalized spacial score (nSPS) is 11.6. The summed E-state index contributed by atoms with van der Waals surface area (Å²) in [6.07, 6.45) is -5.14. The lowest BCUT2D eigenvalue weighted by Crippen LogP contribution is -2.18. The van der Waals surface area contributed by atoms with Gasteiger partial charge in [0.25, 0.3) is 0 Å². The minimum atomic E-state index is -5.14. The molecule has 0 aliphatic rings. The van der Waals surface area contributed by atoms with Gasteiger partial charge in [-0.15, -0.1) is 13.2 Å². The van der Waals surface area contributed by atoms with Crippen molar-refractivity contribution >= 4 is 11.6 Å². The molecule has 0 spiro atoms. The summed E-state index contributed by atoms with van der Waals surface area (Å²) in [4.78, 5) is 0. The van der Waals surface area contributed by atoms with Gasteiger partial charge < -0.3 is 4.74 Å². The van der Waals surface area contributed by atoms with Crippen molar-refractivity contribution in [3.63, 3.8) is 0 Å². The molecule has 0 bridgehead atoms. The van der Waals surface area contributed by atoms with Crippen LogP contribution in [0.3, 0.4) is 0 Å². The number of hydrogen-bond acceptors (Lipinski definition) is 1. The molecule has 78 valence electrons. The summed E-state index contributed by atoms with van der Waals surface area (Å²) in [5, 5.41) is -0.352. The van der Waals surface area contributed by atoms with E-state index in [0.29, 0.717) is 12.1 Å². The molecule has 0 unspecified atom stereocenters. The number of halogens is 6. The highest BCUT2D eigenvalue weighted by Gasteiger charge is 2.34. The van der Waals surface area contributed by atoms with Crippen molar-refractivity contribution in [3.05, 3.63) is 28.8 Å². The molecule has 1 aromatic rings. The van der Waals surface area contributed by atoms with E-state index in [1.165, 1.54) is 0 Å². The van der Waals surface area contributed by atoms with Gasteiger partial charge in [0.05, 0.1) is 0 Å².